The van der Waals surface area contributed by atoms with Crippen molar-refractivity contribution in [3.05, 3.63) is 0 Å². The fourth-order valence-corrected chi connectivity index (χ4v) is 1.70. The zero-order valence-electron chi connectivity index (χ0n) is 12.9. The van der Waals surface area contributed by atoms with Crippen molar-refractivity contribution < 1.29 is 37.0 Å². The third kappa shape index (κ3) is 5.81. The van der Waals surface area contributed by atoms with Crippen LogP contribution in [-0.2, 0) is 14.3 Å². The van der Waals surface area contributed by atoms with Crippen LogP contribution in [0.15, 0.2) is 0 Å². The Morgan fingerprint density at radius 1 is 1.00 bits per heavy atom. The van der Waals surface area contributed by atoms with Crippen molar-refractivity contribution in [1.82, 2.24) is 0 Å². The van der Waals surface area contributed by atoms with Crippen molar-refractivity contribution in [3.63, 3.8) is 0 Å². The van der Waals surface area contributed by atoms with Crippen molar-refractivity contribution >= 4 is 11.9 Å². The van der Waals surface area contributed by atoms with Gasteiger partial charge in [-0.3, -0.25) is 0 Å². The average Bonchev–Trinajstić information content (AvgIpc) is 2.40. The normalized spacial score (nSPS) is 14.0. The molecule has 130 valence electrons. The highest BCUT2D eigenvalue weighted by molar-refractivity contribution is 5.89. The number of unbranched alkanes of at least 4 members (excludes halogenated alkanes) is 1. The van der Waals surface area contributed by atoms with Crippen molar-refractivity contribution in [1.29, 1.82) is 0 Å². The molecule has 0 bridgehead atoms. The fraction of sp³-hybridized carbons (Fsp3) is 0.857. The summed E-state index contributed by atoms with van der Waals surface area (Å²) in [5.74, 6) is -16.2. The second kappa shape index (κ2) is 8.33. The Kier molecular flexibility index (Phi) is 7.83. The molecule has 0 saturated heterocycles. The van der Waals surface area contributed by atoms with Gasteiger partial charge in [-0.25, -0.2) is 9.59 Å². The highest BCUT2D eigenvalue weighted by atomic mass is 19.3. The highest BCUT2D eigenvalue weighted by Crippen LogP contribution is 2.35. The molecule has 0 aliphatic heterocycles. The van der Waals surface area contributed by atoms with Gasteiger partial charge in [0.2, 0.25) is 0 Å². The van der Waals surface area contributed by atoms with Gasteiger partial charge in [0.05, 0.1) is 6.61 Å². The monoisotopic (exact) mass is 330 g/mol. The van der Waals surface area contributed by atoms with Crippen LogP contribution in [0.2, 0.25) is 0 Å². The number of esters is 1. The molecule has 1 atom stereocenters. The van der Waals surface area contributed by atoms with Gasteiger partial charge in [0, 0.05) is 0 Å². The summed E-state index contributed by atoms with van der Waals surface area (Å²) in [5, 5.41) is 8.05. The zero-order chi connectivity index (χ0) is 17.6. The first-order chi connectivity index (χ1) is 9.92. The minimum atomic E-state index is -5.50. The maximum absolute atomic E-state index is 13.1. The standard InChI is InChI=1S/C14H22F4O4/c1-9(2)6-4-5-7-10(3)8-22-12(21)14(17,18)13(15,16)11(19)20/h9-10H,4-8H2,1-3H3,(H,19,20). The second-order valence-electron chi connectivity index (χ2n) is 5.84. The summed E-state index contributed by atoms with van der Waals surface area (Å²) in [6.45, 7) is 5.31. The Morgan fingerprint density at radius 3 is 1.95 bits per heavy atom. The second-order valence-corrected chi connectivity index (χ2v) is 5.84. The lowest BCUT2D eigenvalue weighted by Crippen LogP contribution is -2.53. The molecule has 22 heavy (non-hydrogen) atoms. The van der Waals surface area contributed by atoms with E-state index in [1.165, 1.54) is 0 Å². The van der Waals surface area contributed by atoms with E-state index in [0.717, 1.165) is 19.3 Å². The zero-order valence-corrected chi connectivity index (χ0v) is 12.9. The molecule has 0 saturated carbocycles. The number of carbonyl (C=O) groups is 2. The van der Waals surface area contributed by atoms with Crippen molar-refractivity contribution in [2.75, 3.05) is 6.61 Å². The van der Waals surface area contributed by atoms with Gasteiger partial charge in [0.25, 0.3) is 0 Å². The van der Waals surface area contributed by atoms with Crippen molar-refractivity contribution in [3.8, 4) is 0 Å². The molecule has 0 aromatic rings. The number of alkyl halides is 4. The number of rotatable bonds is 10. The predicted molar refractivity (Wildman–Crippen MR) is 71.0 cm³/mol. The minimum Gasteiger partial charge on any atom is -0.477 e. The first-order valence-corrected chi connectivity index (χ1v) is 7.09. The number of ether oxygens (including phenoxy) is 1. The number of halogens is 4. The van der Waals surface area contributed by atoms with Gasteiger partial charge in [-0.1, -0.05) is 40.0 Å². The van der Waals surface area contributed by atoms with Crippen LogP contribution < -0.4 is 0 Å². The van der Waals surface area contributed by atoms with Gasteiger partial charge in [-0.15, -0.1) is 0 Å². The van der Waals surface area contributed by atoms with Crippen LogP contribution in [0.5, 0.6) is 0 Å². The van der Waals surface area contributed by atoms with Gasteiger partial charge in [-0.05, 0) is 18.3 Å². The number of carboxylic acid groups (broad SMARTS) is 1. The van der Waals surface area contributed by atoms with Gasteiger partial charge < -0.3 is 9.84 Å². The summed E-state index contributed by atoms with van der Waals surface area (Å²) in [6.07, 6.45) is 3.35. The molecular weight excluding hydrogens is 308 g/mol. The van der Waals surface area contributed by atoms with Crippen molar-refractivity contribution in [2.45, 2.75) is 58.3 Å². The van der Waals surface area contributed by atoms with Gasteiger partial charge in [0.15, 0.2) is 0 Å². The molecule has 0 aliphatic carbocycles. The first kappa shape index (κ1) is 20.7. The van der Waals surface area contributed by atoms with Crippen LogP contribution in [0.1, 0.15) is 46.5 Å². The number of hydrogen-bond acceptors (Lipinski definition) is 3. The van der Waals surface area contributed by atoms with E-state index < -0.39 is 30.4 Å². The summed E-state index contributed by atoms with van der Waals surface area (Å²) in [7, 11) is 0. The smallest absolute Gasteiger partial charge is 0.415 e. The maximum Gasteiger partial charge on any atom is 0.415 e. The van der Waals surface area contributed by atoms with Crippen molar-refractivity contribution in [2.24, 2.45) is 11.8 Å². The van der Waals surface area contributed by atoms with Crippen LogP contribution in [0.25, 0.3) is 0 Å². The Labute approximate surface area is 126 Å². The van der Waals surface area contributed by atoms with Crippen LogP contribution in [0.4, 0.5) is 17.6 Å². The highest BCUT2D eigenvalue weighted by Gasteiger charge is 2.68. The number of hydrogen-bond donors (Lipinski definition) is 1. The molecule has 4 nitrogen and oxygen atoms in total. The quantitative estimate of drug-likeness (QED) is 0.376. The van der Waals surface area contributed by atoms with E-state index in [9.17, 15) is 27.2 Å². The topological polar surface area (TPSA) is 63.6 Å². The largest absolute Gasteiger partial charge is 0.477 e. The van der Waals surface area contributed by atoms with Gasteiger partial charge >= 0.3 is 23.8 Å². The van der Waals surface area contributed by atoms with E-state index >= 15 is 0 Å². The molecule has 0 rings (SSSR count). The number of carboxylic acids is 1. The number of aliphatic carboxylic acids is 1. The molecule has 0 heterocycles. The Hall–Kier alpha value is -1.34. The third-order valence-corrected chi connectivity index (χ3v) is 3.15. The molecule has 0 fully saturated rings. The van der Waals surface area contributed by atoms with E-state index in [1.807, 2.05) is 0 Å². The average molecular weight is 330 g/mol. The third-order valence-electron chi connectivity index (χ3n) is 3.15. The lowest BCUT2D eigenvalue weighted by Gasteiger charge is -2.22. The molecule has 0 radical (unpaired) electrons. The Morgan fingerprint density at radius 2 is 1.50 bits per heavy atom. The van der Waals surface area contributed by atoms with Crippen LogP contribution in [0.3, 0.4) is 0 Å². The van der Waals surface area contributed by atoms with Gasteiger partial charge in [-0.2, -0.15) is 17.6 Å². The summed E-state index contributed by atoms with van der Waals surface area (Å²) in [4.78, 5) is 21.1. The van der Waals surface area contributed by atoms with E-state index in [2.05, 4.69) is 18.6 Å². The van der Waals surface area contributed by atoms with E-state index in [4.69, 9.17) is 5.11 Å². The molecular formula is C14H22F4O4. The molecule has 0 amide bonds. The van der Waals surface area contributed by atoms with Crippen LogP contribution in [-0.4, -0.2) is 35.5 Å². The number of carbonyl (C=O) groups excluding carboxylic acids is 1. The molecule has 0 spiro atoms. The van der Waals surface area contributed by atoms with Gasteiger partial charge in [0.1, 0.15) is 0 Å². The SMILES string of the molecule is CC(C)CCCCC(C)COC(=O)C(F)(F)C(F)(F)C(=O)O. The van der Waals surface area contributed by atoms with E-state index in [1.54, 1.807) is 6.92 Å². The summed E-state index contributed by atoms with van der Waals surface area (Å²) >= 11 is 0. The first-order valence-electron chi connectivity index (χ1n) is 7.09. The Balaban J connectivity index is 4.29. The molecule has 0 aromatic carbocycles. The maximum atomic E-state index is 13.1. The van der Waals surface area contributed by atoms with E-state index in [0.29, 0.717) is 12.3 Å². The van der Waals surface area contributed by atoms with E-state index in [-0.39, 0.29) is 5.92 Å². The summed E-state index contributed by atoms with van der Waals surface area (Å²) in [6, 6.07) is 0. The van der Waals surface area contributed by atoms with Crippen LogP contribution in [0, 0.1) is 11.8 Å². The lowest BCUT2D eigenvalue weighted by molar-refractivity contribution is -0.235. The predicted octanol–water partition coefficient (Wildman–Crippen LogP) is 3.74. The molecule has 0 aromatic heterocycles. The molecule has 8 heteroatoms. The molecule has 0 aliphatic rings. The summed E-state index contributed by atoms with van der Waals surface area (Å²) < 4.78 is 55.9. The fourth-order valence-electron chi connectivity index (χ4n) is 1.70. The summed E-state index contributed by atoms with van der Waals surface area (Å²) in [5.41, 5.74) is 0. The Bertz CT molecular complexity index is 383. The molecule has 1 unspecified atom stereocenters. The molecule has 1 N–H and O–H groups in total. The minimum absolute atomic E-state index is 0.273. The lowest BCUT2D eigenvalue weighted by atomic mass is 10.0. The van der Waals surface area contributed by atoms with Crippen LogP contribution >= 0.6 is 0 Å².